The lowest BCUT2D eigenvalue weighted by Crippen LogP contribution is -2.44. The van der Waals surface area contributed by atoms with Crippen LogP contribution in [0.4, 0.5) is 9.59 Å². The van der Waals surface area contributed by atoms with Gasteiger partial charge in [-0.1, -0.05) is 18.2 Å². The number of benzene rings is 1. The lowest BCUT2D eigenvalue weighted by molar-refractivity contribution is 0.159. The van der Waals surface area contributed by atoms with Crippen molar-refractivity contribution in [3.05, 3.63) is 35.5 Å². The molecule has 2 aromatic rings. The maximum atomic E-state index is 11.9. The Labute approximate surface area is 115 Å². The first-order valence-corrected chi connectivity index (χ1v) is 6.41. The van der Waals surface area contributed by atoms with Crippen molar-refractivity contribution < 1.29 is 14.3 Å². The highest BCUT2D eigenvalue weighted by molar-refractivity contribution is 5.91. The van der Waals surface area contributed by atoms with Crippen LogP contribution in [0.5, 0.6) is 0 Å². The van der Waals surface area contributed by atoms with E-state index in [1.54, 1.807) is 4.90 Å². The van der Waals surface area contributed by atoms with Crippen LogP contribution in [0.25, 0.3) is 10.9 Å². The second-order valence-electron chi connectivity index (χ2n) is 4.72. The number of methoxy groups -OCH3 is 1. The number of urea groups is 1. The van der Waals surface area contributed by atoms with Crippen LogP contribution in [0.2, 0.25) is 0 Å². The summed E-state index contributed by atoms with van der Waals surface area (Å²) in [5.41, 5.74) is 3.35. The predicted octanol–water partition coefficient (Wildman–Crippen LogP) is 2.00. The summed E-state index contributed by atoms with van der Waals surface area (Å²) in [6.45, 7) is 1.05. The number of fused-ring (bicyclic) bond motifs is 3. The van der Waals surface area contributed by atoms with Gasteiger partial charge in [-0.2, -0.15) is 0 Å². The van der Waals surface area contributed by atoms with Gasteiger partial charge in [0.25, 0.3) is 0 Å². The number of ether oxygens (including phenoxy) is 1. The average molecular weight is 273 g/mol. The highest BCUT2D eigenvalue weighted by Gasteiger charge is 2.24. The number of rotatable bonds is 0. The fourth-order valence-corrected chi connectivity index (χ4v) is 2.58. The molecule has 2 heterocycles. The predicted molar refractivity (Wildman–Crippen MR) is 73.3 cm³/mol. The van der Waals surface area contributed by atoms with Crippen molar-refractivity contribution in [2.75, 3.05) is 13.7 Å². The van der Waals surface area contributed by atoms with Crippen molar-refractivity contribution in [3.8, 4) is 0 Å². The van der Waals surface area contributed by atoms with Crippen LogP contribution in [-0.2, 0) is 17.7 Å². The van der Waals surface area contributed by atoms with E-state index >= 15 is 0 Å². The van der Waals surface area contributed by atoms with Crippen LogP contribution < -0.4 is 5.32 Å². The van der Waals surface area contributed by atoms with E-state index in [0.29, 0.717) is 13.1 Å². The molecule has 2 N–H and O–H groups in total. The number of carbonyl (C=O) groups is 2. The summed E-state index contributed by atoms with van der Waals surface area (Å²) < 4.78 is 4.42. The second-order valence-corrected chi connectivity index (χ2v) is 4.72. The van der Waals surface area contributed by atoms with Gasteiger partial charge in [0.15, 0.2) is 0 Å². The number of aromatic nitrogens is 1. The average Bonchev–Trinajstić information content (AvgIpc) is 2.84. The maximum Gasteiger partial charge on any atom is 0.415 e. The SMILES string of the molecule is COC(=O)NC(=O)N1CCc2c([nH]c3ccccc23)C1. The van der Waals surface area contributed by atoms with Gasteiger partial charge in [0.1, 0.15) is 0 Å². The van der Waals surface area contributed by atoms with E-state index in [2.05, 4.69) is 21.1 Å². The van der Waals surface area contributed by atoms with Crippen LogP contribution in [0, 0.1) is 0 Å². The summed E-state index contributed by atoms with van der Waals surface area (Å²) in [6, 6.07) is 7.65. The van der Waals surface area contributed by atoms with Crippen molar-refractivity contribution in [2.45, 2.75) is 13.0 Å². The monoisotopic (exact) mass is 273 g/mol. The van der Waals surface area contributed by atoms with Crippen LogP contribution in [0.3, 0.4) is 0 Å². The van der Waals surface area contributed by atoms with Gasteiger partial charge in [-0.25, -0.2) is 14.9 Å². The van der Waals surface area contributed by atoms with Crippen LogP contribution >= 0.6 is 0 Å². The van der Waals surface area contributed by atoms with Gasteiger partial charge < -0.3 is 14.6 Å². The highest BCUT2D eigenvalue weighted by Crippen LogP contribution is 2.27. The number of aromatic amines is 1. The molecule has 0 atom stereocenters. The van der Waals surface area contributed by atoms with E-state index in [0.717, 1.165) is 17.6 Å². The first-order chi connectivity index (χ1) is 9.69. The number of carbonyl (C=O) groups excluding carboxylic acids is 2. The van der Waals surface area contributed by atoms with Gasteiger partial charge >= 0.3 is 12.1 Å². The Balaban J connectivity index is 1.82. The zero-order valence-corrected chi connectivity index (χ0v) is 11.1. The van der Waals surface area contributed by atoms with E-state index < -0.39 is 12.1 Å². The molecule has 1 aliphatic heterocycles. The molecule has 0 aliphatic carbocycles. The zero-order valence-electron chi connectivity index (χ0n) is 11.1. The first kappa shape index (κ1) is 12.5. The van der Waals surface area contributed by atoms with Gasteiger partial charge in [-0.3, -0.25) is 0 Å². The molecular formula is C14H15N3O3. The molecule has 0 saturated heterocycles. The van der Waals surface area contributed by atoms with Crippen molar-refractivity contribution in [1.29, 1.82) is 0 Å². The van der Waals surface area contributed by atoms with Crippen LogP contribution in [-0.4, -0.2) is 35.7 Å². The van der Waals surface area contributed by atoms with E-state index in [9.17, 15) is 9.59 Å². The van der Waals surface area contributed by atoms with Gasteiger partial charge in [-0.05, 0) is 18.1 Å². The highest BCUT2D eigenvalue weighted by atomic mass is 16.5. The van der Waals surface area contributed by atoms with Crippen molar-refractivity contribution in [2.24, 2.45) is 0 Å². The van der Waals surface area contributed by atoms with Gasteiger partial charge in [0.2, 0.25) is 0 Å². The maximum absolute atomic E-state index is 11.9. The van der Waals surface area contributed by atoms with E-state index in [4.69, 9.17) is 0 Å². The van der Waals surface area contributed by atoms with Crippen molar-refractivity contribution in [1.82, 2.24) is 15.2 Å². The largest absolute Gasteiger partial charge is 0.453 e. The topological polar surface area (TPSA) is 74.4 Å². The summed E-state index contributed by atoms with van der Waals surface area (Å²) in [6.07, 6.45) is 0.0333. The zero-order chi connectivity index (χ0) is 14.1. The Hall–Kier alpha value is -2.50. The molecule has 0 fully saturated rings. The minimum Gasteiger partial charge on any atom is -0.453 e. The van der Waals surface area contributed by atoms with Gasteiger partial charge in [0, 0.05) is 23.1 Å². The molecular weight excluding hydrogens is 258 g/mol. The summed E-state index contributed by atoms with van der Waals surface area (Å²) >= 11 is 0. The van der Waals surface area contributed by atoms with Crippen molar-refractivity contribution >= 4 is 23.0 Å². The van der Waals surface area contributed by atoms with E-state index in [-0.39, 0.29) is 0 Å². The quantitative estimate of drug-likeness (QED) is 0.771. The fraction of sp³-hybridized carbons (Fsp3) is 0.286. The second kappa shape index (κ2) is 4.88. The summed E-state index contributed by atoms with van der Waals surface area (Å²) in [5, 5.41) is 3.38. The van der Waals surface area contributed by atoms with Gasteiger partial charge in [0.05, 0.1) is 13.7 Å². The molecule has 6 heteroatoms. The molecule has 0 radical (unpaired) electrons. The number of nitrogens with one attached hydrogen (secondary N) is 2. The molecule has 3 rings (SSSR count). The molecule has 0 saturated carbocycles. The Morgan fingerprint density at radius 2 is 2.15 bits per heavy atom. The molecule has 3 amide bonds. The number of nitrogens with zero attached hydrogens (tertiary/aromatic N) is 1. The van der Waals surface area contributed by atoms with E-state index in [1.807, 2.05) is 18.2 Å². The Morgan fingerprint density at radius 3 is 2.95 bits per heavy atom. The summed E-state index contributed by atoms with van der Waals surface area (Å²) in [5.74, 6) is 0. The number of amides is 3. The Kier molecular flexibility index (Phi) is 3.06. The molecule has 20 heavy (non-hydrogen) atoms. The molecule has 104 valence electrons. The summed E-state index contributed by atoms with van der Waals surface area (Å²) in [7, 11) is 1.23. The summed E-state index contributed by atoms with van der Waals surface area (Å²) in [4.78, 5) is 27.9. The minimum atomic E-state index is -0.738. The number of alkyl carbamates (subject to hydrolysis) is 1. The van der Waals surface area contributed by atoms with Gasteiger partial charge in [-0.15, -0.1) is 0 Å². The van der Waals surface area contributed by atoms with E-state index in [1.165, 1.54) is 18.1 Å². The molecule has 6 nitrogen and oxygen atoms in total. The molecule has 1 aromatic carbocycles. The Morgan fingerprint density at radius 1 is 1.35 bits per heavy atom. The molecule has 0 spiro atoms. The smallest absolute Gasteiger partial charge is 0.415 e. The molecule has 0 bridgehead atoms. The number of imide groups is 1. The van der Waals surface area contributed by atoms with Crippen LogP contribution in [0.15, 0.2) is 24.3 Å². The van der Waals surface area contributed by atoms with Crippen LogP contribution in [0.1, 0.15) is 11.3 Å². The number of hydrogen-bond acceptors (Lipinski definition) is 3. The molecule has 0 unspecified atom stereocenters. The first-order valence-electron chi connectivity index (χ1n) is 6.41. The lowest BCUT2D eigenvalue weighted by atomic mass is 10.0. The minimum absolute atomic E-state index is 0.429. The number of para-hydroxylation sites is 1. The fourth-order valence-electron chi connectivity index (χ4n) is 2.58. The number of hydrogen-bond donors (Lipinski definition) is 2. The number of H-pyrrole nitrogens is 1. The third-order valence-electron chi connectivity index (χ3n) is 3.56. The Bertz CT molecular complexity index is 677. The lowest BCUT2D eigenvalue weighted by Gasteiger charge is -2.26. The van der Waals surface area contributed by atoms with Crippen molar-refractivity contribution in [3.63, 3.8) is 0 Å². The molecule has 1 aliphatic rings. The standard InChI is InChI=1S/C14H15N3O3/c1-20-14(19)16-13(18)17-7-6-10-9-4-2-3-5-11(9)15-12(10)8-17/h2-5,15H,6-8H2,1H3,(H,16,18,19). The normalized spacial score (nSPS) is 13.9. The third-order valence-corrected chi connectivity index (χ3v) is 3.56. The third kappa shape index (κ3) is 2.09. The molecule has 1 aromatic heterocycles.